The Morgan fingerprint density at radius 2 is 1.86 bits per heavy atom. The van der Waals surface area contributed by atoms with Gasteiger partial charge in [0.15, 0.2) is 0 Å². The Balaban J connectivity index is 1.57. The Labute approximate surface area is 215 Å². The molecule has 184 valence electrons. The second kappa shape index (κ2) is 10.5. The fraction of sp³-hybridized carbons (Fsp3) is 0.241. The summed E-state index contributed by atoms with van der Waals surface area (Å²) >= 11 is 6.09. The molecule has 5 rings (SSSR count). The fourth-order valence-corrected chi connectivity index (χ4v) is 4.81. The number of aromatic nitrogens is 2. The van der Waals surface area contributed by atoms with Crippen LogP contribution in [0.25, 0.3) is 11.3 Å². The third-order valence-electron chi connectivity index (χ3n) is 6.48. The van der Waals surface area contributed by atoms with Gasteiger partial charge in [0.05, 0.1) is 12.6 Å². The lowest BCUT2D eigenvalue weighted by Gasteiger charge is -2.27. The lowest BCUT2D eigenvalue weighted by molar-refractivity contribution is 0.0730. The van der Waals surface area contributed by atoms with Crippen molar-refractivity contribution in [1.82, 2.24) is 15.1 Å². The molecule has 0 saturated heterocycles. The maximum atomic E-state index is 13.6. The van der Waals surface area contributed by atoms with Crippen molar-refractivity contribution in [2.45, 2.75) is 38.8 Å². The second-order valence-corrected chi connectivity index (χ2v) is 9.40. The van der Waals surface area contributed by atoms with E-state index < -0.39 is 6.04 Å². The van der Waals surface area contributed by atoms with Crippen LogP contribution in [0.15, 0.2) is 72.8 Å². The summed E-state index contributed by atoms with van der Waals surface area (Å²) in [6.45, 7) is 3.21. The third kappa shape index (κ3) is 4.69. The van der Waals surface area contributed by atoms with Crippen molar-refractivity contribution in [1.29, 1.82) is 0 Å². The quantitative estimate of drug-likeness (QED) is 0.249. The van der Waals surface area contributed by atoms with E-state index >= 15 is 0 Å². The zero-order valence-corrected chi connectivity index (χ0v) is 20.8. The molecule has 1 aliphatic heterocycles. The van der Waals surface area contributed by atoms with Gasteiger partial charge < -0.3 is 14.7 Å². The number of rotatable bonds is 9. The molecule has 3 aromatic carbocycles. The third-order valence-corrected chi connectivity index (χ3v) is 6.73. The molecule has 1 aromatic heterocycles. The normalized spacial score (nSPS) is 14.8. The standard InChI is InChI=1S/C29H28ClN3O3/c1-2-3-6-16-36-22-9-7-8-20(17-22)28-25-26(23-10-4-5-11-24(23)34)31-32-27(25)29(35)33(28)18-19-12-14-21(30)15-13-19/h4-5,7-15,17,28,34H,2-3,6,16,18H2,1H3,(H,31,32). The summed E-state index contributed by atoms with van der Waals surface area (Å²) in [6.07, 6.45) is 3.24. The Hall–Kier alpha value is -3.77. The number of hydrogen-bond acceptors (Lipinski definition) is 4. The SMILES string of the molecule is CCCCCOc1cccc(C2c3c(-c4ccccc4O)n[nH]c3C(=O)N2Cc2ccc(Cl)cc2)c1. The van der Waals surface area contributed by atoms with Gasteiger partial charge >= 0.3 is 0 Å². The van der Waals surface area contributed by atoms with Crippen LogP contribution in [0.2, 0.25) is 5.02 Å². The van der Waals surface area contributed by atoms with E-state index in [1.807, 2.05) is 65.6 Å². The van der Waals surface area contributed by atoms with Crippen molar-refractivity contribution in [3.63, 3.8) is 0 Å². The van der Waals surface area contributed by atoms with E-state index in [1.165, 1.54) is 0 Å². The summed E-state index contributed by atoms with van der Waals surface area (Å²) in [7, 11) is 0. The van der Waals surface area contributed by atoms with E-state index in [-0.39, 0.29) is 11.7 Å². The molecule has 2 N–H and O–H groups in total. The zero-order valence-electron chi connectivity index (χ0n) is 20.1. The maximum absolute atomic E-state index is 13.6. The highest BCUT2D eigenvalue weighted by Gasteiger charge is 2.42. The smallest absolute Gasteiger partial charge is 0.273 e. The van der Waals surface area contributed by atoms with Gasteiger partial charge in [-0.1, -0.05) is 67.8 Å². The number of halogens is 1. The monoisotopic (exact) mass is 501 g/mol. The fourth-order valence-electron chi connectivity index (χ4n) is 4.69. The summed E-state index contributed by atoms with van der Waals surface area (Å²) < 4.78 is 6.02. The summed E-state index contributed by atoms with van der Waals surface area (Å²) in [5.74, 6) is 0.735. The number of carbonyl (C=O) groups excluding carboxylic acids is 1. The van der Waals surface area contributed by atoms with Gasteiger partial charge in [0.25, 0.3) is 5.91 Å². The first-order valence-corrected chi connectivity index (χ1v) is 12.6. The minimum absolute atomic E-state index is 0.113. The number of nitrogens with one attached hydrogen (secondary N) is 1. The van der Waals surface area contributed by atoms with E-state index in [9.17, 15) is 9.90 Å². The number of phenolic OH excluding ortho intramolecular Hbond substituents is 1. The molecule has 1 aliphatic rings. The predicted octanol–water partition coefficient (Wildman–Crippen LogP) is 6.75. The largest absolute Gasteiger partial charge is 0.507 e. The average molecular weight is 502 g/mol. The van der Waals surface area contributed by atoms with Crippen LogP contribution in [-0.2, 0) is 6.54 Å². The Kier molecular flexibility index (Phi) is 6.96. The number of ether oxygens (including phenoxy) is 1. The Bertz CT molecular complexity index is 1370. The molecular formula is C29H28ClN3O3. The van der Waals surface area contributed by atoms with Crippen molar-refractivity contribution in [3.05, 3.63) is 100 Å². The molecule has 0 radical (unpaired) electrons. The van der Waals surface area contributed by atoms with Gasteiger partial charge in [-0.3, -0.25) is 9.89 Å². The first kappa shape index (κ1) is 23.9. The molecule has 0 aliphatic carbocycles. The molecule has 0 fully saturated rings. The number of para-hydroxylation sites is 1. The number of H-pyrrole nitrogens is 1. The van der Waals surface area contributed by atoms with Crippen molar-refractivity contribution >= 4 is 17.5 Å². The molecule has 0 saturated carbocycles. The molecular weight excluding hydrogens is 474 g/mol. The van der Waals surface area contributed by atoms with E-state index in [0.717, 1.165) is 41.7 Å². The predicted molar refractivity (Wildman–Crippen MR) is 140 cm³/mol. The van der Waals surface area contributed by atoms with Crippen molar-refractivity contribution in [2.75, 3.05) is 6.61 Å². The number of carbonyl (C=O) groups is 1. The molecule has 1 atom stereocenters. The van der Waals surface area contributed by atoms with Crippen LogP contribution in [0, 0.1) is 0 Å². The number of aromatic amines is 1. The minimum Gasteiger partial charge on any atom is -0.507 e. The van der Waals surface area contributed by atoms with Crippen LogP contribution >= 0.6 is 11.6 Å². The molecule has 1 amide bonds. The van der Waals surface area contributed by atoms with Gasteiger partial charge in [0.1, 0.15) is 22.9 Å². The van der Waals surface area contributed by atoms with E-state index in [2.05, 4.69) is 17.1 Å². The van der Waals surface area contributed by atoms with Gasteiger partial charge in [0.2, 0.25) is 0 Å². The zero-order chi connectivity index (χ0) is 25.1. The minimum atomic E-state index is -0.407. The number of benzene rings is 3. The van der Waals surface area contributed by atoms with Crippen LogP contribution in [0.1, 0.15) is 59.4 Å². The second-order valence-electron chi connectivity index (χ2n) is 8.97. The van der Waals surface area contributed by atoms with Crippen molar-refractivity contribution in [3.8, 4) is 22.8 Å². The van der Waals surface area contributed by atoms with E-state index in [1.54, 1.807) is 12.1 Å². The first-order valence-electron chi connectivity index (χ1n) is 12.2. The number of amides is 1. The van der Waals surface area contributed by atoms with Gasteiger partial charge in [-0.2, -0.15) is 5.10 Å². The Morgan fingerprint density at radius 1 is 1.06 bits per heavy atom. The number of phenols is 1. The summed E-state index contributed by atoms with van der Waals surface area (Å²) in [4.78, 5) is 15.5. The van der Waals surface area contributed by atoms with Crippen LogP contribution in [0.5, 0.6) is 11.5 Å². The van der Waals surface area contributed by atoms with E-state index in [0.29, 0.717) is 35.1 Å². The summed E-state index contributed by atoms with van der Waals surface area (Å²) in [5, 5.41) is 18.6. The highest BCUT2D eigenvalue weighted by molar-refractivity contribution is 6.30. The average Bonchev–Trinajstić information content (AvgIpc) is 3.43. The molecule has 7 heteroatoms. The molecule has 4 aromatic rings. The number of hydrogen-bond donors (Lipinski definition) is 2. The number of fused-ring (bicyclic) bond motifs is 1. The van der Waals surface area contributed by atoms with Crippen LogP contribution in [0.3, 0.4) is 0 Å². The molecule has 2 heterocycles. The summed E-state index contributed by atoms with van der Waals surface area (Å²) in [5.41, 5.74) is 4.21. The molecule has 6 nitrogen and oxygen atoms in total. The van der Waals surface area contributed by atoms with Gasteiger partial charge in [0, 0.05) is 22.7 Å². The number of aromatic hydroxyl groups is 1. The lowest BCUT2D eigenvalue weighted by atomic mass is 9.95. The summed E-state index contributed by atoms with van der Waals surface area (Å²) in [6, 6.07) is 22.0. The highest BCUT2D eigenvalue weighted by atomic mass is 35.5. The molecule has 36 heavy (non-hydrogen) atoms. The first-order chi connectivity index (χ1) is 17.6. The van der Waals surface area contributed by atoms with Gasteiger partial charge in [-0.05, 0) is 53.9 Å². The molecule has 0 spiro atoms. The molecule has 1 unspecified atom stereocenters. The number of unbranched alkanes of at least 4 members (excludes halogenated alkanes) is 2. The Morgan fingerprint density at radius 3 is 2.64 bits per heavy atom. The van der Waals surface area contributed by atoms with Gasteiger partial charge in [-0.15, -0.1) is 0 Å². The highest BCUT2D eigenvalue weighted by Crippen LogP contribution is 2.45. The van der Waals surface area contributed by atoms with Crippen LogP contribution in [-0.4, -0.2) is 32.7 Å². The van der Waals surface area contributed by atoms with Crippen molar-refractivity contribution < 1.29 is 14.6 Å². The van der Waals surface area contributed by atoms with Crippen molar-refractivity contribution in [2.24, 2.45) is 0 Å². The topological polar surface area (TPSA) is 78.5 Å². The molecule has 0 bridgehead atoms. The van der Waals surface area contributed by atoms with Gasteiger partial charge in [-0.25, -0.2) is 0 Å². The van der Waals surface area contributed by atoms with Crippen LogP contribution in [0.4, 0.5) is 0 Å². The number of nitrogens with zero attached hydrogens (tertiary/aromatic N) is 2. The van der Waals surface area contributed by atoms with Crippen LogP contribution < -0.4 is 4.74 Å². The lowest BCUT2D eigenvalue weighted by Crippen LogP contribution is -2.29. The maximum Gasteiger partial charge on any atom is 0.273 e. The van der Waals surface area contributed by atoms with E-state index in [4.69, 9.17) is 16.3 Å².